The predicted molar refractivity (Wildman–Crippen MR) is 78.1 cm³/mol. The smallest absolute Gasteiger partial charge is 0.237 e. The number of benzene rings is 1. The zero-order valence-corrected chi connectivity index (χ0v) is 12.7. The number of carbonyl (C=O) groups is 1. The number of halogens is 2. The lowest BCUT2D eigenvalue weighted by atomic mass is 10.1. The van der Waals surface area contributed by atoms with Crippen molar-refractivity contribution in [3.8, 4) is 5.75 Å². The summed E-state index contributed by atoms with van der Waals surface area (Å²) in [4.78, 5) is 13.5. The van der Waals surface area contributed by atoms with Crippen LogP contribution >= 0.6 is 11.6 Å². The topological polar surface area (TPSA) is 38.8 Å². The van der Waals surface area contributed by atoms with Crippen molar-refractivity contribution in [1.82, 2.24) is 4.90 Å². The molecule has 1 heterocycles. The quantitative estimate of drug-likeness (QED) is 0.757. The number of nitrogens with zero attached hydrogens (tertiary/aromatic N) is 1. The third-order valence-electron chi connectivity index (χ3n) is 3.54. The summed E-state index contributed by atoms with van der Waals surface area (Å²) in [7, 11) is 1.41. The Morgan fingerprint density at radius 3 is 3.00 bits per heavy atom. The molecule has 1 aliphatic heterocycles. The largest absolute Gasteiger partial charge is 0.494 e. The van der Waals surface area contributed by atoms with E-state index in [9.17, 15) is 9.18 Å². The second kappa shape index (κ2) is 7.61. The maximum absolute atomic E-state index is 14.2. The Morgan fingerprint density at radius 1 is 1.57 bits per heavy atom. The van der Waals surface area contributed by atoms with Crippen molar-refractivity contribution in [2.24, 2.45) is 0 Å². The summed E-state index contributed by atoms with van der Waals surface area (Å²) < 4.78 is 24.7. The summed E-state index contributed by atoms with van der Waals surface area (Å²) in [5.74, 6) is -0.629. The lowest BCUT2D eigenvalue weighted by molar-refractivity contribution is -0.130. The molecule has 1 amide bonds. The molecule has 1 fully saturated rings. The fraction of sp³-hybridized carbons (Fsp3) is 0.533. The fourth-order valence-electron chi connectivity index (χ4n) is 2.41. The number of methoxy groups -OCH3 is 1. The highest BCUT2D eigenvalue weighted by Gasteiger charge is 2.23. The zero-order chi connectivity index (χ0) is 15.2. The van der Waals surface area contributed by atoms with E-state index in [0.29, 0.717) is 18.7 Å². The van der Waals surface area contributed by atoms with Crippen molar-refractivity contribution < 1.29 is 18.7 Å². The van der Waals surface area contributed by atoms with Crippen LogP contribution in [0.1, 0.15) is 18.4 Å². The van der Waals surface area contributed by atoms with Crippen LogP contribution in [0.3, 0.4) is 0 Å². The van der Waals surface area contributed by atoms with Gasteiger partial charge in [-0.3, -0.25) is 4.79 Å². The summed E-state index contributed by atoms with van der Waals surface area (Å²) in [6.45, 7) is 1.30. The number of ether oxygens (including phenoxy) is 2. The van der Waals surface area contributed by atoms with E-state index in [1.807, 2.05) is 0 Å². The first kappa shape index (κ1) is 16.0. The number of alkyl halides is 1. The first-order valence-electron chi connectivity index (χ1n) is 6.92. The normalized spacial score (nSPS) is 17.8. The maximum atomic E-state index is 14.2. The molecule has 1 saturated heterocycles. The monoisotopic (exact) mass is 315 g/mol. The van der Waals surface area contributed by atoms with E-state index in [1.165, 1.54) is 7.11 Å². The molecule has 1 aromatic rings. The van der Waals surface area contributed by atoms with Gasteiger partial charge < -0.3 is 14.4 Å². The second-order valence-corrected chi connectivity index (χ2v) is 5.24. The van der Waals surface area contributed by atoms with Gasteiger partial charge in [0.2, 0.25) is 5.91 Å². The molecule has 0 spiro atoms. The van der Waals surface area contributed by atoms with Crippen molar-refractivity contribution in [2.75, 3.05) is 26.1 Å². The standard InChI is InChI=1S/C15H19ClFNO3/c1-20-13-6-2-4-11(15(13)17)9-18(14(19)8-16)10-12-5-3-7-21-12/h2,4,6,12H,3,5,7-10H2,1H3. The van der Waals surface area contributed by atoms with Gasteiger partial charge in [0.15, 0.2) is 11.6 Å². The first-order chi connectivity index (χ1) is 10.2. The molecule has 0 N–H and O–H groups in total. The van der Waals surface area contributed by atoms with Crippen molar-refractivity contribution in [1.29, 1.82) is 0 Å². The van der Waals surface area contributed by atoms with E-state index in [1.54, 1.807) is 23.1 Å². The molecule has 0 aromatic heterocycles. The van der Waals surface area contributed by atoms with Gasteiger partial charge in [-0.2, -0.15) is 0 Å². The van der Waals surface area contributed by atoms with Gasteiger partial charge in [-0.15, -0.1) is 11.6 Å². The van der Waals surface area contributed by atoms with Crippen LogP contribution in [-0.2, 0) is 16.1 Å². The Bertz CT molecular complexity index is 492. The Hall–Kier alpha value is -1.33. The molecule has 4 nitrogen and oxygen atoms in total. The highest BCUT2D eigenvalue weighted by Crippen LogP contribution is 2.22. The minimum Gasteiger partial charge on any atom is -0.494 e. The molecule has 0 bridgehead atoms. The predicted octanol–water partition coefficient (Wildman–Crippen LogP) is 2.58. The molecule has 0 saturated carbocycles. The molecule has 0 radical (unpaired) electrons. The molecule has 2 rings (SSSR count). The van der Waals surface area contributed by atoms with E-state index in [0.717, 1.165) is 12.8 Å². The number of rotatable bonds is 6. The van der Waals surface area contributed by atoms with Gasteiger partial charge in [-0.25, -0.2) is 4.39 Å². The molecule has 6 heteroatoms. The van der Waals surface area contributed by atoms with E-state index >= 15 is 0 Å². The van der Waals surface area contributed by atoms with E-state index in [4.69, 9.17) is 21.1 Å². The summed E-state index contributed by atoms with van der Waals surface area (Å²) in [6, 6.07) is 4.89. The number of amides is 1. The van der Waals surface area contributed by atoms with Crippen LogP contribution < -0.4 is 4.74 Å². The van der Waals surface area contributed by atoms with E-state index in [2.05, 4.69) is 0 Å². The molecular formula is C15H19ClFNO3. The molecule has 0 aliphatic carbocycles. The molecular weight excluding hydrogens is 297 g/mol. The van der Waals surface area contributed by atoms with Crippen LogP contribution in [0, 0.1) is 5.82 Å². The van der Waals surface area contributed by atoms with Gasteiger partial charge in [-0.05, 0) is 18.9 Å². The molecule has 21 heavy (non-hydrogen) atoms. The summed E-state index contributed by atoms with van der Waals surface area (Å²) in [6.07, 6.45) is 1.90. The molecule has 1 unspecified atom stereocenters. The minimum atomic E-state index is -0.445. The van der Waals surface area contributed by atoms with Gasteiger partial charge in [-0.1, -0.05) is 12.1 Å². The van der Waals surface area contributed by atoms with Gasteiger partial charge in [0.05, 0.1) is 13.2 Å². The van der Waals surface area contributed by atoms with Gasteiger partial charge in [0.25, 0.3) is 0 Å². The van der Waals surface area contributed by atoms with Crippen LogP contribution in [0.2, 0.25) is 0 Å². The summed E-state index contributed by atoms with van der Waals surface area (Å²) in [5, 5.41) is 0. The highest BCUT2D eigenvalue weighted by atomic mass is 35.5. The van der Waals surface area contributed by atoms with E-state index < -0.39 is 5.82 Å². The van der Waals surface area contributed by atoms with Crippen LogP contribution in [-0.4, -0.2) is 43.1 Å². The Kier molecular flexibility index (Phi) is 5.82. The van der Waals surface area contributed by atoms with Crippen LogP contribution in [0.25, 0.3) is 0 Å². The van der Waals surface area contributed by atoms with Crippen molar-refractivity contribution in [2.45, 2.75) is 25.5 Å². The van der Waals surface area contributed by atoms with Gasteiger partial charge in [0, 0.05) is 25.3 Å². The third-order valence-corrected chi connectivity index (χ3v) is 3.77. The average molecular weight is 316 g/mol. The van der Waals surface area contributed by atoms with Gasteiger partial charge in [0.1, 0.15) is 5.88 Å². The summed E-state index contributed by atoms with van der Waals surface area (Å²) in [5.41, 5.74) is 0.408. The Balaban J connectivity index is 2.12. The van der Waals surface area contributed by atoms with E-state index in [-0.39, 0.29) is 30.2 Å². The van der Waals surface area contributed by atoms with Crippen LogP contribution in [0.5, 0.6) is 5.75 Å². The van der Waals surface area contributed by atoms with Crippen molar-refractivity contribution >= 4 is 17.5 Å². The first-order valence-corrected chi connectivity index (χ1v) is 7.46. The van der Waals surface area contributed by atoms with Gasteiger partial charge >= 0.3 is 0 Å². The van der Waals surface area contributed by atoms with Crippen molar-refractivity contribution in [3.05, 3.63) is 29.6 Å². The van der Waals surface area contributed by atoms with Crippen molar-refractivity contribution in [3.63, 3.8) is 0 Å². The lowest BCUT2D eigenvalue weighted by Gasteiger charge is -2.25. The third kappa shape index (κ3) is 4.08. The second-order valence-electron chi connectivity index (χ2n) is 4.98. The van der Waals surface area contributed by atoms with Crippen LogP contribution in [0.15, 0.2) is 18.2 Å². The number of hydrogen-bond donors (Lipinski definition) is 0. The Labute approximate surface area is 128 Å². The summed E-state index contributed by atoms with van der Waals surface area (Å²) >= 11 is 5.65. The minimum absolute atomic E-state index is 0.00540. The zero-order valence-electron chi connectivity index (χ0n) is 12.0. The highest BCUT2D eigenvalue weighted by molar-refractivity contribution is 6.27. The maximum Gasteiger partial charge on any atom is 0.237 e. The lowest BCUT2D eigenvalue weighted by Crippen LogP contribution is -2.37. The molecule has 1 atom stereocenters. The van der Waals surface area contributed by atoms with Crippen LogP contribution in [0.4, 0.5) is 4.39 Å². The molecule has 1 aliphatic rings. The average Bonchev–Trinajstić information content (AvgIpc) is 3.00. The Morgan fingerprint density at radius 2 is 2.38 bits per heavy atom. The number of hydrogen-bond acceptors (Lipinski definition) is 3. The molecule has 116 valence electrons. The number of carbonyl (C=O) groups excluding carboxylic acids is 1. The SMILES string of the molecule is COc1cccc(CN(CC2CCCO2)C(=O)CCl)c1F. The molecule has 1 aromatic carbocycles. The fourth-order valence-corrected chi connectivity index (χ4v) is 2.58.